The third-order valence-corrected chi connectivity index (χ3v) is 6.45. The van der Waals surface area contributed by atoms with Gasteiger partial charge in [0.2, 0.25) is 18.4 Å². The average molecular weight is 421 g/mol. The van der Waals surface area contributed by atoms with Gasteiger partial charge in [0.1, 0.15) is 6.61 Å². The summed E-state index contributed by atoms with van der Waals surface area (Å²) in [6.07, 6.45) is 2.22. The zero-order valence-electron chi connectivity index (χ0n) is 17.9. The average Bonchev–Trinajstić information content (AvgIpc) is 3.21. The van der Waals surface area contributed by atoms with Crippen LogP contribution in [-0.4, -0.2) is 80.2 Å². The molecule has 0 radical (unpaired) electrons. The van der Waals surface area contributed by atoms with Crippen molar-refractivity contribution in [2.45, 2.75) is 38.8 Å². The highest BCUT2D eigenvalue weighted by Crippen LogP contribution is 2.43. The summed E-state index contributed by atoms with van der Waals surface area (Å²) in [5.41, 5.74) is 1.12. The van der Waals surface area contributed by atoms with Gasteiger partial charge in [0.05, 0.1) is 13.2 Å². The maximum absolute atomic E-state index is 12.4. The molecule has 8 nitrogen and oxygen atoms in total. The van der Waals surface area contributed by atoms with Crippen LogP contribution in [0.15, 0.2) is 12.1 Å². The van der Waals surface area contributed by atoms with Crippen LogP contribution < -0.4 is 14.2 Å². The zero-order valence-corrected chi connectivity index (χ0v) is 17.9. The number of piperidine rings is 2. The minimum absolute atomic E-state index is 0.0113. The van der Waals surface area contributed by atoms with Gasteiger partial charge in [-0.15, -0.1) is 0 Å². The van der Waals surface area contributed by atoms with E-state index in [4.69, 9.17) is 18.9 Å². The molecule has 2 fully saturated rings. The highest BCUT2D eigenvalue weighted by Gasteiger charge is 2.42. The number of carbonyl (C=O) groups is 1. The van der Waals surface area contributed by atoms with Crippen molar-refractivity contribution in [1.82, 2.24) is 9.80 Å². The van der Waals surface area contributed by atoms with Crippen LogP contribution >= 0.6 is 0 Å². The van der Waals surface area contributed by atoms with Crippen LogP contribution in [0, 0.1) is 5.41 Å². The molecule has 3 aliphatic heterocycles. The van der Waals surface area contributed by atoms with Gasteiger partial charge in [-0.1, -0.05) is 0 Å². The summed E-state index contributed by atoms with van der Waals surface area (Å²) in [5, 5.41) is 10.4. The summed E-state index contributed by atoms with van der Waals surface area (Å²) in [7, 11) is 1.64. The third kappa shape index (κ3) is 4.50. The van der Waals surface area contributed by atoms with E-state index in [1.165, 1.54) is 0 Å². The van der Waals surface area contributed by atoms with Gasteiger partial charge in [-0.05, 0) is 62.4 Å². The molecule has 0 bridgehead atoms. The number of methoxy groups -OCH3 is 1. The second-order valence-electron chi connectivity index (χ2n) is 8.58. The van der Waals surface area contributed by atoms with E-state index in [0.717, 1.165) is 50.2 Å². The first-order valence-corrected chi connectivity index (χ1v) is 10.7. The van der Waals surface area contributed by atoms with Crippen LogP contribution in [0.5, 0.6) is 17.2 Å². The Kier molecular flexibility index (Phi) is 6.36. The molecule has 4 rings (SSSR count). The molecule has 1 aromatic carbocycles. The number of hydrogen-bond acceptors (Lipinski definition) is 7. The van der Waals surface area contributed by atoms with Crippen molar-refractivity contribution in [3.05, 3.63) is 17.7 Å². The number of likely N-dealkylation sites (tertiary alicyclic amines) is 2. The van der Waals surface area contributed by atoms with E-state index >= 15 is 0 Å². The fraction of sp³-hybridized carbons (Fsp3) is 0.682. The summed E-state index contributed by atoms with van der Waals surface area (Å²) < 4.78 is 21.8. The van der Waals surface area contributed by atoms with Crippen LogP contribution in [0.4, 0.5) is 0 Å². The Hall–Kier alpha value is -2.03. The van der Waals surface area contributed by atoms with E-state index in [2.05, 4.69) is 4.90 Å². The fourth-order valence-corrected chi connectivity index (χ4v) is 4.90. The van der Waals surface area contributed by atoms with Crippen molar-refractivity contribution in [3.8, 4) is 17.2 Å². The molecule has 3 heterocycles. The van der Waals surface area contributed by atoms with Crippen molar-refractivity contribution in [1.29, 1.82) is 0 Å². The summed E-state index contributed by atoms with van der Waals surface area (Å²) in [6, 6.07) is 4.03. The lowest BCUT2D eigenvalue weighted by Gasteiger charge is -2.49. The SMILES string of the molecule is CCOCC(=O)N1CC(O)CC2(CCN(Cc3cc(OC)c4c(c3)OCO4)CC2)C1. The summed E-state index contributed by atoms with van der Waals surface area (Å²) >= 11 is 0. The summed E-state index contributed by atoms with van der Waals surface area (Å²) in [6.45, 7) is 6.50. The number of carbonyl (C=O) groups excluding carboxylic acids is 1. The Bertz CT molecular complexity index is 762. The Balaban J connectivity index is 1.37. The van der Waals surface area contributed by atoms with Gasteiger partial charge in [0.25, 0.3) is 0 Å². The molecule has 1 N–H and O–H groups in total. The number of nitrogens with zero attached hydrogens (tertiary/aromatic N) is 2. The molecular formula is C22H32N2O6. The normalized spacial score (nSPS) is 23.0. The van der Waals surface area contributed by atoms with E-state index in [9.17, 15) is 9.90 Å². The summed E-state index contributed by atoms with van der Waals surface area (Å²) in [4.78, 5) is 16.6. The number of amides is 1. The Morgan fingerprint density at radius 3 is 2.83 bits per heavy atom. The lowest BCUT2D eigenvalue weighted by molar-refractivity contribution is -0.145. The van der Waals surface area contributed by atoms with Crippen LogP contribution in [0.25, 0.3) is 0 Å². The molecule has 30 heavy (non-hydrogen) atoms. The number of hydrogen-bond donors (Lipinski definition) is 1. The van der Waals surface area contributed by atoms with Crippen LogP contribution in [0.1, 0.15) is 31.7 Å². The van der Waals surface area contributed by atoms with Gasteiger partial charge in [-0.2, -0.15) is 0 Å². The molecule has 0 saturated carbocycles. The number of ether oxygens (including phenoxy) is 4. The maximum atomic E-state index is 12.4. The summed E-state index contributed by atoms with van der Waals surface area (Å²) in [5.74, 6) is 2.08. The minimum Gasteiger partial charge on any atom is -0.493 e. The number of aliphatic hydroxyl groups is 1. The highest BCUT2D eigenvalue weighted by atomic mass is 16.7. The first kappa shape index (κ1) is 21.2. The maximum Gasteiger partial charge on any atom is 0.248 e. The quantitative estimate of drug-likeness (QED) is 0.749. The standard InChI is InChI=1S/C22H32N2O6/c1-3-28-13-20(26)24-12-17(25)10-22(14-24)4-6-23(7-5-22)11-16-8-18(27-2)21-19(9-16)29-15-30-21/h8-9,17,25H,3-7,10-15H2,1-2H3. The number of rotatable bonds is 6. The topological polar surface area (TPSA) is 80.7 Å². The molecule has 1 aromatic rings. The van der Waals surface area contributed by atoms with E-state index in [1.54, 1.807) is 12.0 Å². The van der Waals surface area contributed by atoms with Gasteiger partial charge < -0.3 is 29.0 Å². The Morgan fingerprint density at radius 1 is 1.30 bits per heavy atom. The molecule has 1 unspecified atom stereocenters. The van der Waals surface area contributed by atoms with Crippen molar-refractivity contribution in [2.24, 2.45) is 5.41 Å². The van der Waals surface area contributed by atoms with Crippen LogP contribution in [0.2, 0.25) is 0 Å². The largest absolute Gasteiger partial charge is 0.493 e. The first-order chi connectivity index (χ1) is 14.5. The molecule has 8 heteroatoms. The first-order valence-electron chi connectivity index (χ1n) is 10.7. The molecule has 166 valence electrons. The molecule has 1 spiro atoms. The number of benzene rings is 1. The van der Waals surface area contributed by atoms with Gasteiger partial charge >= 0.3 is 0 Å². The van der Waals surface area contributed by atoms with E-state index in [-0.39, 0.29) is 24.7 Å². The Labute approximate surface area is 177 Å². The third-order valence-electron chi connectivity index (χ3n) is 6.45. The molecule has 0 aliphatic carbocycles. The van der Waals surface area contributed by atoms with Gasteiger partial charge in [0.15, 0.2) is 11.5 Å². The molecule has 3 aliphatic rings. The smallest absolute Gasteiger partial charge is 0.248 e. The van der Waals surface area contributed by atoms with E-state index < -0.39 is 6.10 Å². The van der Waals surface area contributed by atoms with Crippen molar-refractivity contribution in [3.63, 3.8) is 0 Å². The van der Waals surface area contributed by atoms with Gasteiger partial charge in [0, 0.05) is 26.2 Å². The predicted molar refractivity (Wildman–Crippen MR) is 110 cm³/mol. The van der Waals surface area contributed by atoms with E-state index in [1.807, 2.05) is 19.1 Å². The van der Waals surface area contributed by atoms with Gasteiger partial charge in [-0.3, -0.25) is 9.69 Å². The number of fused-ring (bicyclic) bond motifs is 1. The minimum atomic E-state index is -0.464. The van der Waals surface area contributed by atoms with Crippen LogP contribution in [0.3, 0.4) is 0 Å². The van der Waals surface area contributed by atoms with Gasteiger partial charge in [-0.25, -0.2) is 0 Å². The Morgan fingerprint density at radius 2 is 2.10 bits per heavy atom. The van der Waals surface area contributed by atoms with Crippen LogP contribution in [-0.2, 0) is 16.1 Å². The molecule has 0 aromatic heterocycles. The highest BCUT2D eigenvalue weighted by molar-refractivity contribution is 5.77. The van der Waals surface area contributed by atoms with Crippen molar-refractivity contribution < 1.29 is 28.8 Å². The lowest BCUT2D eigenvalue weighted by atomic mass is 9.71. The lowest BCUT2D eigenvalue weighted by Crippen LogP contribution is -2.55. The molecule has 1 atom stereocenters. The molecule has 2 saturated heterocycles. The van der Waals surface area contributed by atoms with E-state index in [0.29, 0.717) is 31.2 Å². The number of aliphatic hydroxyl groups excluding tert-OH is 1. The van der Waals surface area contributed by atoms with Crippen molar-refractivity contribution >= 4 is 5.91 Å². The second-order valence-corrected chi connectivity index (χ2v) is 8.58. The predicted octanol–water partition coefficient (Wildman–Crippen LogP) is 1.64. The van der Waals surface area contributed by atoms with Crippen molar-refractivity contribution in [2.75, 3.05) is 53.3 Å². The zero-order chi connectivity index (χ0) is 21.1. The monoisotopic (exact) mass is 420 g/mol. The number of β-amino-alcohol motifs (C(OH)–C–C–N with tert-alkyl or cyclic N) is 1. The fourth-order valence-electron chi connectivity index (χ4n) is 4.90. The second kappa shape index (κ2) is 8.99. The molecule has 1 amide bonds. The molecular weight excluding hydrogens is 388 g/mol.